The Morgan fingerprint density at radius 1 is 1.19 bits per heavy atom. The van der Waals surface area contributed by atoms with Crippen LogP contribution in [0, 0.1) is 0 Å². The van der Waals surface area contributed by atoms with Gasteiger partial charge >= 0.3 is 0 Å². The largest absolute Gasteiger partial charge is 0.342 e. The third-order valence-corrected chi connectivity index (χ3v) is 4.81. The van der Waals surface area contributed by atoms with Gasteiger partial charge in [0.15, 0.2) is 5.65 Å². The fourth-order valence-corrected chi connectivity index (χ4v) is 3.30. The molecule has 0 bridgehead atoms. The van der Waals surface area contributed by atoms with Gasteiger partial charge in [0, 0.05) is 37.3 Å². The van der Waals surface area contributed by atoms with Gasteiger partial charge in [-0.25, -0.2) is 9.50 Å². The zero-order valence-electron chi connectivity index (χ0n) is 15.0. The number of aromatic amines is 1. The summed E-state index contributed by atoms with van der Waals surface area (Å²) in [6.07, 6.45) is 0. The minimum Gasteiger partial charge on any atom is -0.342 e. The first-order chi connectivity index (χ1) is 12.9. The molecule has 0 saturated carbocycles. The number of carbonyl (C=O) groups is 2. The number of piperazine rings is 1. The third-order valence-electron chi connectivity index (χ3n) is 4.81. The predicted octanol–water partition coefficient (Wildman–Crippen LogP) is 0.992. The number of rotatable bonds is 2. The second kappa shape index (κ2) is 6.39. The van der Waals surface area contributed by atoms with Crippen LogP contribution >= 0.6 is 0 Å². The predicted molar refractivity (Wildman–Crippen MR) is 99.4 cm³/mol. The molecule has 4 rings (SSSR count). The highest BCUT2D eigenvalue weighted by molar-refractivity contribution is 5.96. The van der Waals surface area contributed by atoms with Gasteiger partial charge in [0.2, 0.25) is 5.91 Å². The molecule has 2 aromatic heterocycles. The van der Waals surface area contributed by atoms with Crippen molar-refractivity contribution < 1.29 is 9.59 Å². The van der Waals surface area contributed by atoms with Crippen molar-refractivity contribution >= 4 is 17.5 Å². The molecule has 27 heavy (non-hydrogen) atoms. The summed E-state index contributed by atoms with van der Waals surface area (Å²) >= 11 is 0. The Balaban J connectivity index is 1.71. The topological polar surface area (TPSA) is 90.8 Å². The smallest absolute Gasteiger partial charge is 0.273 e. The van der Waals surface area contributed by atoms with Crippen molar-refractivity contribution in [2.45, 2.75) is 13.0 Å². The summed E-state index contributed by atoms with van der Waals surface area (Å²) in [5, 5.41) is 2.81. The molecule has 2 amide bonds. The fraction of sp³-hybridized carbons (Fsp3) is 0.263. The zero-order valence-corrected chi connectivity index (χ0v) is 15.0. The van der Waals surface area contributed by atoms with Crippen molar-refractivity contribution in [1.82, 2.24) is 24.4 Å². The summed E-state index contributed by atoms with van der Waals surface area (Å²) < 4.78 is 1.24. The van der Waals surface area contributed by atoms with E-state index in [0.717, 1.165) is 5.56 Å². The average molecular weight is 365 g/mol. The van der Waals surface area contributed by atoms with Crippen LogP contribution in [-0.4, -0.2) is 62.4 Å². The number of carbonyl (C=O) groups excluding carboxylic acids is 2. The van der Waals surface area contributed by atoms with E-state index in [2.05, 4.69) is 10.1 Å². The number of aromatic nitrogens is 3. The molecular weight excluding hydrogens is 346 g/mol. The Labute approximate surface area is 155 Å². The van der Waals surface area contributed by atoms with Gasteiger partial charge in [-0.2, -0.15) is 0 Å². The number of likely N-dealkylation sites (N-methyl/N-ethyl adjacent to an activating group) is 1. The molecule has 0 spiro atoms. The van der Waals surface area contributed by atoms with Gasteiger partial charge in [-0.3, -0.25) is 19.5 Å². The number of nitrogens with one attached hydrogen (secondary N) is 1. The van der Waals surface area contributed by atoms with Crippen LogP contribution in [0.1, 0.15) is 17.4 Å². The Morgan fingerprint density at radius 3 is 2.67 bits per heavy atom. The molecule has 1 fully saturated rings. The lowest BCUT2D eigenvalue weighted by Crippen LogP contribution is -2.55. The molecule has 138 valence electrons. The molecule has 1 unspecified atom stereocenters. The molecule has 1 aliphatic heterocycles. The van der Waals surface area contributed by atoms with E-state index < -0.39 is 0 Å². The number of benzene rings is 1. The van der Waals surface area contributed by atoms with Crippen molar-refractivity contribution in [3.8, 4) is 11.3 Å². The molecular formula is C19H19N5O3. The molecule has 3 heterocycles. The van der Waals surface area contributed by atoms with Crippen LogP contribution < -0.4 is 5.56 Å². The van der Waals surface area contributed by atoms with Gasteiger partial charge in [0.25, 0.3) is 11.5 Å². The van der Waals surface area contributed by atoms with Crippen LogP contribution in [0.25, 0.3) is 16.9 Å². The number of fused-ring (bicyclic) bond motifs is 1. The van der Waals surface area contributed by atoms with E-state index in [4.69, 9.17) is 0 Å². The summed E-state index contributed by atoms with van der Waals surface area (Å²) in [5.41, 5.74) is 1.65. The Morgan fingerprint density at radius 2 is 1.93 bits per heavy atom. The summed E-state index contributed by atoms with van der Waals surface area (Å²) in [5.74, 6) is -0.436. The van der Waals surface area contributed by atoms with Crippen LogP contribution in [-0.2, 0) is 4.79 Å². The lowest BCUT2D eigenvalue weighted by molar-refractivity contribution is -0.135. The van der Waals surface area contributed by atoms with Gasteiger partial charge in [0.05, 0.1) is 5.69 Å². The molecule has 0 aliphatic carbocycles. The molecule has 8 nitrogen and oxygen atoms in total. The maximum absolute atomic E-state index is 12.9. The first kappa shape index (κ1) is 17.0. The van der Waals surface area contributed by atoms with E-state index in [9.17, 15) is 14.4 Å². The third kappa shape index (κ3) is 2.99. The minimum absolute atomic E-state index is 0.0173. The van der Waals surface area contributed by atoms with Crippen LogP contribution in [0.5, 0.6) is 0 Å². The highest BCUT2D eigenvalue weighted by Crippen LogP contribution is 2.17. The summed E-state index contributed by atoms with van der Waals surface area (Å²) in [7, 11) is 1.72. The van der Waals surface area contributed by atoms with Crippen molar-refractivity contribution in [3.63, 3.8) is 0 Å². The molecule has 3 aromatic rings. The number of H-pyrrole nitrogens is 1. The van der Waals surface area contributed by atoms with Crippen LogP contribution in [0.2, 0.25) is 0 Å². The maximum atomic E-state index is 12.9. The second-order valence-electron chi connectivity index (χ2n) is 6.77. The monoisotopic (exact) mass is 365 g/mol. The Bertz CT molecular complexity index is 1090. The highest BCUT2D eigenvalue weighted by Gasteiger charge is 2.32. The molecule has 0 radical (unpaired) electrons. The fourth-order valence-electron chi connectivity index (χ4n) is 3.30. The molecule has 1 N–H and O–H groups in total. The van der Waals surface area contributed by atoms with E-state index in [1.807, 2.05) is 37.3 Å². The summed E-state index contributed by atoms with van der Waals surface area (Å²) in [6.45, 7) is 2.38. The standard InChI is InChI=1S/C19H19N5O3/c1-12-10-22(2)18(26)11-23(12)19(27)15-8-16-20-14(9-17(25)24(16)21-15)13-6-4-3-5-7-13/h3-9,12,21H,10-11H2,1-2H3. The minimum atomic E-state index is -0.324. The normalized spacial score (nSPS) is 17.6. The maximum Gasteiger partial charge on any atom is 0.273 e. The van der Waals surface area contributed by atoms with Crippen LogP contribution in [0.15, 0.2) is 47.3 Å². The van der Waals surface area contributed by atoms with Gasteiger partial charge in [0.1, 0.15) is 12.2 Å². The van der Waals surface area contributed by atoms with Gasteiger partial charge in [-0.1, -0.05) is 30.3 Å². The Hall–Kier alpha value is -3.42. The van der Waals surface area contributed by atoms with Crippen molar-refractivity contribution in [1.29, 1.82) is 0 Å². The first-order valence-electron chi connectivity index (χ1n) is 8.67. The summed E-state index contributed by atoms with van der Waals surface area (Å²) in [6, 6.07) is 12.2. The highest BCUT2D eigenvalue weighted by atomic mass is 16.2. The number of amides is 2. The number of hydrogen-bond donors (Lipinski definition) is 1. The molecule has 1 aliphatic rings. The first-order valence-corrected chi connectivity index (χ1v) is 8.67. The van der Waals surface area contributed by atoms with Crippen LogP contribution in [0.4, 0.5) is 0 Å². The zero-order chi connectivity index (χ0) is 19.1. The van der Waals surface area contributed by atoms with E-state index >= 15 is 0 Å². The van der Waals surface area contributed by atoms with Crippen molar-refractivity contribution in [2.75, 3.05) is 20.1 Å². The van der Waals surface area contributed by atoms with E-state index in [1.54, 1.807) is 18.0 Å². The molecule has 1 saturated heterocycles. The summed E-state index contributed by atoms with van der Waals surface area (Å²) in [4.78, 5) is 44.9. The van der Waals surface area contributed by atoms with Gasteiger partial charge < -0.3 is 9.80 Å². The quantitative estimate of drug-likeness (QED) is 0.733. The van der Waals surface area contributed by atoms with E-state index in [-0.39, 0.29) is 35.7 Å². The van der Waals surface area contributed by atoms with Gasteiger partial charge in [-0.15, -0.1) is 0 Å². The number of hydrogen-bond acceptors (Lipinski definition) is 4. The lowest BCUT2D eigenvalue weighted by atomic mass is 10.1. The Kier molecular flexibility index (Phi) is 4.02. The van der Waals surface area contributed by atoms with Crippen LogP contribution in [0.3, 0.4) is 0 Å². The molecule has 1 aromatic carbocycles. The van der Waals surface area contributed by atoms with Crippen molar-refractivity contribution in [2.24, 2.45) is 0 Å². The van der Waals surface area contributed by atoms with E-state index in [1.165, 1.54) is 15.5 Å². The molecule has 1 atom stereocenters. The lowest BCUT2D eigenvalue weighted by Gasteiger charge is -2.37. The SMILES string of the molecule is CC1CN(C)C(=O)CN1C(=O)c1cc2nc(-c3ccccc3)cc(=O)n2[nH]1. The number of nitrogens with zero attached hydrogens (tertiary/aromatic N) is 4. The van der Waals surface area contributed by atoms with Crippen molar-refractivity contribution in [3.05, 3.63) is 58.5 Å². The second-order valence-corrected chi connectivity index (χ2v) is 6.77. The van der Waals surface area contributed by atoms with E-state index in [0.29, 0.717) is 17.9 Å². The molecule has 8 heteroatoms. The van der Waals surface area contributed by atoms with Gasteiger partial charge in [-0.05, 0) is 6.92 Å². The average Bonchev–Trinajstić information content (AvgIpc) is 3.10.